The van der Waals surface area contributed by atoms with Crippen molar-refractivity contribution in [2.75, 3.05) is 18.6 Å². The summed E-state index contributed by atoms with van der Waals surface area (Å²) in [6, 6.07) is 22.0. The molecular weight excluding hydrogens is 500 g/mol. The molecule has 5 rings (SSSR count). The number of hydrogen-bond acceptors (Lipinski definition) is 7. The number of aromatic nitrogens is 2. The third kappa shape index (κ3) is 5.52. The number of nitrogens with zero attached hydrogens (tertiary/aromatic N) is 3. The third-order valence-electron chi connectivity index (χ3n) is 6.56. The first-order valence-corrected chi connectivity index (χ1v) is 13.7. The average Bonchev–Trinajstić information content (AvgIpc) is 2.92. The van der Waals surface area contributed by atoms with Crippen molar-refractivity contribution in [3.05, 3.63) is 113 Å². The zero-order valence-electron chi connectivity index (χ0n) is 21.2. The van der Waals surface area contributed by atoms with Gasteiger partial charge in [0, 0.05) is 25.7 Å². The van der Waals surface area contributed by atoms with Gasteiger partial charge in [0.05, 0.1) is 23.3 Å². The molecule has 0 bridgehead atoms. The largest absolute Gasteiger partial charge is 0.497 e. The summed E-state index contributed by atoms with van der Waals surface area (Å²) in [5, 5.41) is 0. The summed E-state index contributed by atoms with van der Waals surface area (Å²) >= 11 is 0. The molecule has 0 atom stereocenters. The second kappa shape index (κ2) is 10.6. The Morgan fingerprint density at radius 2 is 1.79 bits per heavy atom. The topological polar surface area (TPSA) is 101 Å². The molecule has 1 aliphatic heterocycles. The minimum absolute atomic E-state index is 0.0450. The second-order valence-corrected chi connectivity index (χ2v) is 10.9. The first-order valence-electron chi connectivity index (χ1n) is 12.3. The van der Waals surface area contributed by atoms with Crippen LogP contribution in [0.2, 0.25) is 0 Å². The minimum atomic E-state index is -4.11. The molecule has 0 spiro atoms. The van der Waals surface area contributed by atoms with Crippen molar-refractivity contribution in [3.63, 3.8) is 0 Å². The van der Waals surface area contributed by atoms with Gasteiger partial charge in [-0.2, -0.15) is 0 Å². The number of aryl methyl sites for hydroxylation is 1. The number of benzene rings is 3. The molecule has 38 heavy (non-hydrogen) atoms. The van der Waals surface area contributed by atoms with Crippen LogP contribution in [0.1, 0.15) is 38.3 Å². The summed E-state index contributed by atoms with van der Waals surface area (Å²) in [5.74, 6) is 0.246. The fourth-order valence-corrected chi connectivity index (χ4v) is 5.52. The molecule has 4 aromatic rings. The van der Waals surface area contributed by atoms with Crippen LogP contribution >= 0.6 is 0 Å². The Kier molecular flexibility index (Phi) is 7.11. The van der Waals surface area contributed by atoms with E-state index in [4.69, 9.17) is 9.72 Å². The summed E-state index contributed by atoms with van der Waals surface area (Å²) in [6.45, 7) is 3.41. The van der Waals surface area contributed by atoms with E-state index in [1.165, 1.54) is 48.7 Å². The first-order chi connectivity index (χ1) is 18.3. The lowest BCUT2D eigenvalue weighted by Crippen LogP contribution is -2.34. The second-order valence-electron chi connectivity index (χ2n) is 9.25. The van der Waals surface area contributed by atoms with Crippen molar-refractivity contribution in [3.8, 4) is 5.75 Å². The number of sulfonamides is 1. The van der Waals surface area contributed by atoms with Crippen LogP contribution in [0.25, 0.3) is 0 Å². The van der Waals surface area contributed by atoms with Crippen molar-refractivity contribution in [2.24, 2.45) is 0 Å². The van der Waals surface area contributed by atoms with E-state index >= 15 is 0 Å². The van der Waals surface area contributed by atoms with Crippen molar-refractivity contribution < 1.29 is 17.9 Å². The van der Waals surface area contributed by atoms with E-state index in [0.29, 0.717) is 30.4 Å². The number of carbonyl (C=O) groups is 1. The Balaban J connectivity index is 1.46. The Hall–Kier alpha value is -4.24. The summed E-state index contributed by atoms with van der Waals surface area (Å²) in [7, 11) is -2.62. The van der Waals surface area contributed by atoms with E-state index < -0.39 is 15.9 Å². The molecule has 1 amide bonds. The monoisotopic (exact) mass is 528 g/mol. The van der Waals surface area contributed by atoms with Gasteiger partial charge in [0.15, 0.2) is 0 Å². The minimum Gasteiger partial charge on any atom is -0.497 e. The molecule has 1 aromatic heterocycles. The zero-order chi connectivity index (χ0) is 26.7. The lowest BCUT2D eigenvalue weighted by atomic mass is 10.0. The maximum Gasteiger partial charge on any atom is 0.268 e. The highest BCUT2D eigenvalue weighted by Crippen LogP contribution is 2.24. The maximum absolute atomic E-state index is 13.3. The summed E-state index contributed by atoms with van der Waals surface area (Å²) in [4.78, 5) is 24.6. The molecule has 0 unspecified atom stereocenters. The quantitative estimate of drug-likeness (QED) is 0.386. The van der Waals surface area contributed by atoms with E-state index in [1.54, 1.807) is 0 Å². The number of anilines is 1. The number of methoxy groups -OCH3 is 1. The Morgan fingerprint density at radius 3 is 2.53 bits per heavy atom. The molecule has 194 valence electrons. The fraction of sp³-hybridized carbons (Fsp3) is 0.207. The lowest BCUT2D eigenvalue weighted by molar-refractivity contribution is 0.0980. The highest BCUT2D eigenvalue weighted by Gasteiger charge is 2.24. The zero-order valence-corrected chi connectivity index (χ0v) is 22.0. The highest BCUT2D eigenvalue weighted by molar-refractivity contribution is 7.90. The first kappa shape index (κ1) is 25.4. The number of amides is 1. The Labute approximate surface area is 222 Å². The maximum atomic E-state index is 13.3. The molecule has 0 fully saturated rings. The van der Waals surface area contributed by atoms with Crippen LogP contribution in [0.5, 0.6) is 5.75 Å². The van der Waals surface area contributed by atoms with Crippen molar-refractivity contribution in [1.82, 2.24) is 14.7 Å². The van der Waals surface area contributed by atoms with Crippen molar-refractivity contribution in [1.29, 1.82) is 0 Å². The van der Waals surface area contributed by atoms with Gasteiger partial charge in [0.25, 0.3) is 15.9 Å². The lowest BCUT2D eigenvalue weighted by Gasteiger charge is -2.29. The van der Waals surface area contributed by atoms with E-state index in [-0.39, 0.29) is 10.5 Å². The SMILES string of the molecule is COc1ccc(S(=O)(=O)NC(=O)c2cnc(N3CCc4ccccc4C3)nc2Cc2cccc(C)c2)cc1. The molecular formula is C29H28N4O4S. The molecule has 0 aliphatic carbocycles. The van der Waals surface area contributed by atoms with Crippen LogP contribution in [-0.4, -0.2) is 37.9 Å². The molecule has 2 heterocycles. The molecule has 1 N–H and O–H groups in total. The smallest absolute Gasteiger partial charge is 0.268 e. The number of hydrogen-bond donors (Lipinski definition) is 1. The number of fused-ring (bicyclic) bond motifs is 1. The van der Waals surface area contributed by atoms with E-state index in [0.717, 1.165) is 24.1 Å². The predicted molar refractivity (Wildman–Crippen MR) is 145 cm³/mol. The predicted octanol–water partition coefficient (Wildman–Crippen LogP) is 4.07. The molecule has 0 radical (unpaired) electrons. The van der Waals surface area contributed by atoms with Crippen LogP contribution in [0, 0.1) is 6.92 Å². The van der Waals surface area contributed by atoms with E-state index in [1.807, 2.05) is 43.3 Å². The summed E-state index contributed by atoms with van der Waals surface area (Å²) < 4.78 is 33.1. The van der Waals surface area contributed by atoms with Crippen LogP contribution in [0.3, 0.4) is 0 Å². The number of rotatable bonds is 7. The molecule has 8 nitrogen and oxygen atoms in total. The Morgan fingerprint density at radius 1 is 1.03 bits per heavy atom. The van der Waals surface area contributed by atoms with Gasteiger partial charge in [-0.1, -0.05) is 54.1 Å². The highest BCUT2D eigenvalue weighted by atomic mass is 32.2. The van der Waals surface area contributed by atoms with Gasteiger partial charge >= 0.3 is 0 Å². The summed E-state index contributed by atoms with van der Waals surface area (Å²) in [5.41, 5.74) is 5.15. The number of ether oxygens (including phenoxy) is 1. The van der Waals surface area contributed by atoms with Crippen LogP contribution in [0.4, 0.5) is 5.95 Å². The van der Waals surface area contributed by atoms with Crippen molar-refractivity contribution in [2.45, 2.75) is 31.2 Å². The average molecular weight is 529 g/mol. The molecule has 9 heteroatoms. The summed E-state index contributed by atoms with van der Waals surface area (Å²) in [6.07, 6.45) is 2.65. The van der Waals surface area contributed by atoms with Crippen molar-refractivity contribution >= 4 is 21.9 Å². The Bertz CT molecular complexity index is 1590. The standard InChI is InChI=1S/C29H28N4O4S/c1-20-6-5-7-21(16-20)17-27-26(28(34)32-38(35,36)25-12-10-24(37-2)11-13-25)18-30-29(31-27)33-15-14-22-8-3-4-9-23(22)19-33/h3-13,16,18H,14-15,17,19H2,1-2H3,(H,32,34). The van der Waals surface area contributed by atoms with E-state index in [2.05, 4.69) is 26.7 Å². The van der Waals surface area contributed by atoms with Gasteiger partial charge in [0.1, 0.15) is 5.75 Å². The van der Waals surface area contributed by atoms with Gasteiger partial charge < -0.3 is 9.64 Å². The van der Waals surface area contributed by atoms with Gasteiger partial charge in [0.2, 0.25) is 5.95 Å². The van der Waals surface area contributed by atoms with Gasteiger partial charge in [-0.3, -0.25) is 4.79 Å². The normalized spacial score (nSPS) is 13.1. The number of nitrogens with one attached hydrogen (secondary N) is 1. The van der Waals surface area contributed by atoms with Gasteiger partial charge in [-0.25, -0.2) is 23.1 Å². The number of carbonyl (C=O) groups excluding carboxylic acids is 1. The molecule has 3 aromatic carbocycles. The third-order valence-corrected chi connectivity index (χ3v) is 7.91. The van der Waals surface area contributed by atoms with Gasteiger partial charge in [-0.05, 0) is 54.3 Å². The molecule has 0 saturated heterocycles. The van der Waals surface area contributed by atoms with Crippen LogP contribution < -0.4 is 14.4 Å². The van der Waals surface area contributed by atoms with E-state index in [9.17, 15) is 13.2 Å². The molecule has 1 aliphatic rings. The van der Waals surface area contributed by atoms with Crippen LogP contribution in [-0.2, 0) is 29.4 Å². The van der Waals surface area contributed by atoms with Gasteiger partial charge in [-0.15, -0.1) is 0 Å². The van der Waals surface area contributed by atoms with Crippen LogP contribution in [0.15, 0.2) is 83.9 Å². The fourth-order valence-electron chi connectivity index (χ4n) is 4.56. The molecule has 0 saturated carbocycles.